The minimum atomic E-state index is -0.124. The van der Waals surface area contributed by atoms with Crippen molar-refractivity contribution in [1.29, 1.82) is 0 Å². The number of amides is 2. The molecule has 2 atom stereocenters. The van der Waals surface area contributed by atoms with Crippen LogP contribution in [0.15, 0.2) is 132 Å². The molecule has 6 nitrogen and oxygen atoms in total. The van der Waals surface area contributed by atoms with Gasteiger partial charge in [-0.15, -0.1) is 0 Å². The molecule has 3 aliphatic carbocycles. The van der Waals surface area contributed by atoms with Crippen molar-refractivity contribution in [3.63, 3.8) is 0 Å². The molecule has 0 bridgehead atoms. The van der Waals surface area contributed by atoms with E-state index in [1.807, 2.05) is 97.1 Å². The van der Waals surface area contributed by atoms with Crippen LogP contribution in [0.5, 0.6) is 0 Å². The van der Waals surface area contributed by atoms with E-state index in [1.54, 1.807) is 0 Å². The van der Waals surface area contributed by atoms with Crippen LogP contribution in [0.2, 0.25) is 0 Å². The molecular weight excluding hydrogens is 508 g/mol. The van der Waals surface area contributed by atoms with Gasteiger partial charge in [0.05, 0.1) is 11.0 Å². The van der Waals surface area contributed by atoms with E-state index in [0.29, 0.717) is 23.2 Å². The molecule has 0 aliphatic heterocycles. The van der Waals surface area contributed by atoms with Crippen LogP contribution in [-0.2, 0) is 4.79 Å². The van der Waals surface area contributed by atoms with E-state index >= 15 is 0 Å². The summed E-state index contributed by atoms with van der Waals surface area (Å²) >= 11 is 0. The SMILES string of the molecule is O=C(Nc1ccc2nc(C3C=CC(NC(=O)c4cccc5ccccc45)=CC3)[nH]c2c1)C1=CC=CC2CC=CC=C12. The Balaban J connectivity index is 1.03. The molecular formula is C35H28N4O2. The van der Waals surface area contributed by atoms with Crippen LogP contribution >= 0.6 is 0 Å². The number of imidazole rings is 1. The lowest BCUT2D eigenvalue weighted by atomic mass is 9.83. The van der Waals surface area contributed by atoms with Crippen LogP contribution in [0.4, 0.5) is 5.69 Å². The van der Waals surface area contributed by atoms with Gasteiger partial charge in [-0.3, -0.25) is 9.59 Å². The number of hydrogen-bond acceptors (Lipinski definition) is 3. The third-order valence-electron chi connectivity index (χ3n) is 7.86. The van der Waals surface area contributed by atoms with Crippen LogP contribution in [0.25, 0.3) is 21.8 Å². The van der Waals surface area contributed by atoms with Crippen molar-refractivity contribution in [2.24, 2.45) is 5.92 Å². The summed E-state index contributed by atoms with van der Waals surface area (Å²) in [6.07, 6.45) is 19.8. The fourth-order valence-corrected chi connectivity index (χ4v) is 5.73. The first-order chi connectivity index (χ1) is 20.1. The van der Waals surface area contributed by atoms with Crippen molar-refractivity contribution in [2.45, 2.75) is 18.8 Å². The number of allylic oxidation sites excluding steroid dienone is 9. The fraction of sp³-hybridized carbons (Fsp3) is 0.114. The maximum absolute atomic E-state index is 13.1. The van der Waals surface area contributed by atoms with Crippen LogP contribution in [0.1, 0.15) is 34.9 Å². The molecule has 3 aromatic carbocycles. The smallest absolute Gasteiger partial charge is 0.256 e. The van der Waals surface area contributed by atoms with Crippen molar-refractivity contribution >= 4 is 39.3 Å². The predicted molar refractivity (Wildman–Crippen MR) is 163 cm³/mol. The summed E-state index contributed by atoms with van der Waals surface area (Å²) in [7, 11) is 0. The number of anilines is 1. The average molecular weight is 537 g/mol. The Morgan fingerprint density at radius 1 is 0.854 bits per heavy atom. The normalized spacial score (nSPS) is 19.4. The largest absolute Gasteiger partial charge is 0.341 e. The maximum atomic E-state index is 13.1. The van der Waals surface area contributed by atoms with Crippen molar-refractivity contribution in [1.82, 2.24) is 15.3 Å². The summed E-state index contributed by atoms with van der Waals surface area (Å²) in [6, 6.07) is 19.4. The number of nitrogens with one attached hydrogen (secondary N) is 3. The molecule has 0 saturated carbocycles. The van der Waals surface area contributed by atoms with E-state index in [-0.39, 0.29) is 23.7 Å². The number of H-pyrrole nitrogens is 1. The van der Waals surface area contributed by atoms with Gasteiger partial charge in [-0.1, -0.05) is 78.9 Å². The minimum Gasteiger partial charge on any atom is -0.341 e. The molecule has 1 heterocycles. The second-order valence-electron chi connectivity index (χ2n) is 10.5. The van der Waals surface area contributed by atoms with E-state index in [2.05, 4.69) is 33.8 Å². The molecule has 0 spiro atoms. The number of hydrogen-bond donors (Lipinski definition) is 3. The monoisotopic (exact) mass is 536 g/mol. The van der Waals surface area contributed by atoms with Gasteiger partial charge in [0.25, 0.3) is 11.8 Å². The molecule has 2 unspecified atom stereocenters. The number of carbonyl (C=O) groups excluding carboxylic acids is 2. The van der Waals surface area contributed by atoms with Gasteiger partial charge < -0.3 is 15.6 Å². The lowest BCUT2D eigenvalue weighted by Gasteiger charge is -2.23. The standard InChI is InChI=1S/C35H28N4O2/c40-34(29-13-5-9-22-7-1-3-11-27(22)29)36-25-17-15-24(16-18-25)33-38-31-20-19-26(21-32(31)39-33)37-35(41)30-14-6-10-23-8-2-4-12-28(23)30/h1-7,9-15,17-21,23-24H,8,16H2,(H,36,40)(H,37,41)(H,38,39). The molecule has 0 radical (unpaired) electrons. The summed E-state index contributed by atoms with van der Waals surface area (Å²) in [4.78, 5) is 34.4. The molecule has 3 aliphatic rings. The highest BCUT2D eigenvalue weighted by Crippen LogP contribution is 2.32. The van der Waals surface area contributed by atoms with E-state index in [1.165, 1.54) is 0 Å². The Morgan fingerprint density at radius 2 is 1.76 bits per heavy atom. The van der Waals surface area contributed by atoms with Crippen molar-refractivity contribution < 1.29 is 9.59 Å². The number of carbonyl (C=O) groups is 2. The lowest BCUT2D eigenvalue weighted by molar-refractivity contribution is -0.112. The van der Waals surface area contributed by atoms with Crippen LogP contribution in [-0.4, -0.2) is 21.8 Å². The second-order valence-corrected chi connectivity index (χ2v) is 10.5. The van der Waals surface area contributed by atoms with E-state index in [0.717, 1.165) is 45.3 Å². The van der Waals surface area contributed by atoms with E-state index in [4.69, 9.17) is 4.98 Å². The van der Waals surface area contributed by atoms with Gasteiger partial charge in [-0.05, 0) is 65.6 Å². The zero-order valence-electron chi connectivity index (χ0n) is 22.3. The van der Waals surface area contributed by atoms with E-state index < -0.39 is 0 Å². The Morgan fingerprint density at radius 3 is 2.66 bits per heavy atom. The van der Waals surface area contributed by atoms with E-state index in [9.17, 15) is 9.59 Å². The molecule has 200 valence electrons. The van der Waals surface area contributed by atoms with Crippen molar-refractivity contribution in [3.05, 3.63) is 144 Å². The quantitative estimate of drug-likeness (QED) is 0.256. The Kier molecular flexibility index (Phi) is 6.28. The number of benzene rings is 3. The third-order valence-corrected chi connectivity index (χ3v) is 7.86. The Hall–Kier alpha value is -5.23. The highest BCUT2D eigenvalue weighted by Gasteiger charge is 2.24. The predicted octanol–water partition coefficient (Wildman–Crippen LogP) is 7.01. The van der Waals surface area contributed by atoms with Gasteiger partial charge in [0, 0.05) is 34.4 Å². The van der Waals surface area contributed by atoms with Gasteiger partial charge in [0.1, 0.15) is 5.82 Å². The van der Waals surface area contributed by atoms with Crippen LogP contribution in [0, 0.1) is 5.92 Å². The second kappa shape index (κ2) is 10.4. The highest BCUT2D eigenvalue weighted by molar-refractivity contribution is 6.08. The molecule has 7 rings (SSSR count). The van der Waals surface area contributed by atoms with Crippen molar-refractivity contribution in [2.75, 3.05) is 5.32 Å². The number of nitrogens with zero attached hydrogens (tertiary/aromatic N) is 1. The lowest BCUT2D eigenvalue weighted by Crippen LogP contribution is -2.23. The molecule has 3 N–H and O–H groups in total. The molecule has 2 amide bonds. The summed E-state index contributed by atoms with van der Waals surface area (Å²) in [5.74, 6) is 0.922. The molecule has 4 aromatic rings. The van der Waals surface area contributed by atoms with Crippen LogP contribution in [0.3, 0.4) is 0 Å². The number of aromatic nitrogens is 2. The number of aromatic amines is 1. The summed E-state index contributed by atoms with van der Waals surface area (Å²) in [5, 5.41) is 8.07. The first-order valence-electron chi connectivity index (χ1n) is 13.9. The van der Waals surface area contributed by atoms with Gasteiger partial charge in [0.2, 0.25) is 0 Å². The molecule has 0 saturated heterocycles. The summed E-state index contributed by atoms with van der Waals surface area (Å²) in [5.41, 5.74) is 5.61. The number of fused-ring (bicyclic) bond motifs is 3. The first-order valence-corrected chi connectivity index (χ1v) is 13.9. The Bertz CT molecular complexity index is 1890. The molecule has 0 fully saturated rings. The number of rotatable bonds is 5. The molecule has 6 heteroatoms. The zero-order valence-corrected chi connectivity index (χ0v) is 22.3. The summed E-state index contributed by atoms with van der Waals surface area (Å²) < 4.78 is 0. The third kappa shape index (κ3) is 4.85. The molecule has 1 aromatic heterocycles. The zero-order chi connectivity index (χ0) is 27.8. The first kappa shape index (κ1) is 24.8. The maximum Gasteiger partial charge on any atom is 0.256 e. The van der Waals surface area contributed by atoms with Gasteiger partial charge in [-0.25, -0.2) is 4.98 Å². The minimum absolute atomic E-state index is 0.0565. The van der Waals surface area contributed by atoms with Gasteiger partial charge in [0.15, 0.2) is 0 Å². The summed E-state index contributed by atoms with van der Waals surface area (Å²) in [6.45, 7) is 0. The van der Waals surface area contributed by atoms with Gasteiger partial charge in [-0.2, -0.15) is 0 Å². The fourth-order valence-electron chi connectivity index (χ4n) is 5.73. The van der Waals surface area contributed by atoms with Crippen LogP contribution < -0.4 is 10.6 Å². The Labute approximate surface area is 237 Å². The van der Waals surface area contributed by atoms with Gasteiger partial charge >= 0.3 is 0 Å². The van der Waals surface area contributed by atoms with Crippen molar-refractivity contribution in [3.8, 4) is 0 Å². The average Bonchev–Trinajstić information content (AvgIpc) is 3.44. The molecule has 41 heavy (non-hydrogen) atoms. The topological polar surface area (TPSA) is 86.9 Å². The highest BCUT2D eigenvalue weighted by atomic mass is 16.2.